The number of esters is 1. The van der Waals surface area contributed by atoms with E-state index in [1.807, 2.05) is 24.4 Å². The van der Waals surface area contributed by atoms with Crippen molar-refractivity contribution in [3.05, 3.63) is 47.3 Å². The normalized spacial score (nSPS) is 13.2. The number of anilines is 1. The Balaban J connectivity index is 1.32. The number of nitrogens with zero attached hydrogens (tertiary/aromatic N) is 3. The summed E-state index contributed by atoms with van der Waals surface area (Å²) in [6.07, 6.45) is 4.05. The molecule has 0 unspecified atom stereocenters. The fourth-order valence-electron chi connectivity index (χ4n) is 3.02. The van der Waals surface area contributed by atoms with Crippen LogP contribution in [-0.4, -0.2) is 39.0 Å². The molecule has 4 rings (SSSR count). The Morgan fingerprint density at radius 3 is 2.71 bits per heavy atom. The monoisotopic (exact) mass is 456 g/mol. The third-order valence-electron chi connectivity index (χ3n) is 4.79. The molecule has 2 heterocycles. The Labute approximate surface area is 189 Å². The van der Waals surface area contributed by atoms with Gasteiger partial charge in [0.1, 0.15) is 0 Å². The van der Waals surface area contributed by atoms with Crippen LogP contribution < -0.4 is 5.32 Å². The van der Waals surface area contributed by atoms with Crippen molar-refractivity contribution >= 4 is 40.7 Å². The maximum Gasteiger partial charge on any atom is 0.338 e. The van der Waals surface area contributed by atoms with Crippen LogP contribution in [0, 0.1) is 0 Å². The molecule has 0 bridgehead atoms. The summed E-state index contributed by atoms with van der Waals surface area (Å²) in [6, 6.07) is 11.2. The van der Waals surface area contributed by atoms with Gasteiger partial charge in [0.2, 0.25) is 5.91 Å². The number of aromatic nitrogens is 3. The van der Waals surface area contributed by atoms with E-state index in [1.54, 1.807) is 35.6 Å². The van der Waals surface area contributed by atoms with E-state index in [4.69, 9.17) is 4.74 Å². The van der Waals surface area contributed by atoms with Gasteiger partial charge in [-0.3, -0.25) is 9.36 Å². The molecule has 1 aliphatic carbocycles. The summed E-state index contributed by atoms with van der Waals surface area (Å²) in [4.78, 5) is 25.5. The van der Waals surface area contributed by atoms with E-state index in [1.165, 1.54) is 11.8 Å². The molecule has 2 aromatic heterocycles. The minimum Gasteiger partial charge on any atom is -0.462 e. The van der Waals surface area contributed by atoms with Gasteiger partial charge in [0.25, 0.3) is 0 Å². The molecule has 3 aromatic rings. The molecule has 9 heteroatoms. The molecule has 1 N–H and O–H groups in total. The van der Waals surface area contributed by atoms with Crippen molar-refractivity contribution < 1.29 is 14.3 Å². The number of unbranched alkanes of at least 4 members (excludes halogenated alkanes) is 1. The first-order chi connectivity index (χ1) is 15.2. The van der Waals surface area contributed by atoms with Crippen LogP contribution in [0.3, 0.4) is 0 Å². The van der Waals surface area contributed by atoms with Crippen molar-refractivity contribution in [2.75, 3.05) is 17.7 Å². The molecule has 0 atom stereocenters. The summed E-state index contributed by atoms with van der Waals surface area (Å²) >= 11 is 3.03. The van der Waals surface area contributed by atoms with Crippen molar-refractivity contribution in [2.24, 2.45) is 0 Å². The first kappa shape index (κ1) is 21.6. The summed E-state index contributed by atoms with van der Waals surface area (Å²) in [5.41, 5.74) is 1.11. The highest BCUT2D eigenvalue weighted by Gasteiger charge is 2.30. The van der Waals surface area contributed by atoms with Gasteiger partial charge in [-0.15, -0.1) is 21.5 Å². The molecular formula is C22H24N4O3S2. The molecule has 0 radical (unpaired) electrons. The van der Waals surface area contributed by atoms with Crippen LogP contribution in [0.5, 0.6) is 0 Å². The number of thiophene rings is 1. The number of benzene rings is 1. The Bertz CT molecular complexity index is 1030. The third-order valence-corrected chi connectivity index (χ3v) is 6.59. The second-order valence-corrected chi connectivity index (χ2v) is 9.18. The molecule has 0 spiro atoms. The maximum absolute atomic E-state index is 12.4. The number of hydrogen-bond donors (Lipinski definition) is 1. The number of amides is 1. The smallest absolute Gasteiger partial charge is 0.338 e. The highest BCUT2D eigenvalue weighted by molar-refractivity contribution is 7.99. The lowest BCUT2D eigenvalue weighted by molar-refractivity contribution is -0.113. The van der Waals surface area contributed by atoms with Gasteiger partial charge in [-0.2, -0.15) is 0 Å². The minimum absolute atomic E-state index is 0.133. The van der Waals surface area contributed by atoms with Gasteiger partial charge in [-0.1, -0.05) is 31.2 Å². The van der Waals surface area contributed by atoms with Crippen LogP contribution in [0.2, 0.25) is 0 Å². The molecule has 1 saturated carbocycles. The number of carbonyl (C=O) groups excluding carboxylic acids is 2. The second-order valence-electron chi connectivity index (χ2n) is 7.29. The van der Waals surface area contributed by atoms with Gasteiger partial charge in [-0.05, 0) is 55.0 Å². The molecule has 7 nitrogen and oxygen atoms in total. The van der Waals surface area contributed by atoms with Gasteiger partial charge in [0, 0.05) is 11.7 Å². The fraction of sp³-hybridized carbons (Fsp3) is 0.364. The topological polar surface area (TPSA) is 86.1 Å². The summed E-state index contributed by atoms with van der Waals surface area (Å²) in [7, 11) is 0. The number of rotatable bonds is 10. The SMILES string of the molecule is CCCCOC(=O)c1ccc(NC(=O)CSc2nnc(-c3cccs3)n2C2CC2)cc1. The average Bonchev–Trinajstić information content (AvgIpc) is 3.29. The van der Waals surface area contributed by atoms with E-state index in [-0.39, 0.29) is 17.6 Å². The molecular weight excluding hydrogens is 432 g/mol. The van der Waals surface area contributed by atoms with Crippen molar-refractivity contribution in [3.63, 3.8) is 0 Å². The Kier molecular flexibility index (Phi) is 7.03. The fourth-order valence-corrected chi connectivity index (χ4v) is 4.53. The van der Waals surface area contributed by atoms with E-state index in [2.05, 4.69) is 20.1 Å². The van der Waals surface area contributed by atoms with Gasteiger partial charge in [-0.25, -0.2) is 4.79 Å². The molecule has 1 aliphatic rings. The molecule has 162 valence electrons. The third kappa shape index (κ3) is 5.54. The highest BCUT2D eigenvalue weighted by atomic mass is 32.2. The van der Waals surface area contributed by atoms with Crippen LogP contribution in [-0.2, 0) is 9.53 Å². The van der Waals surface area contributed by atoms with Gasteiger partial charge >= 0.3 is 5.97 Å². The van der Waals surface area contributed by atoms with Crippen LogP contribution in [0.15, 0.2) is 46.9 Å². The zero-order valence-corrected chi connectivity index (χ0v) is 18.9. The van der Waals surface area contributed by atoms with Crippen molar-refractivity contribution in [2.45, 2.75) is 43.8 Å². The molecule has 1 amide bonds. The predicted molar refractivity (Wildman–Crippen MR) is 123 cm³/mol. The molecule has 0 saturated heterocycles. The van der Waals surface area contributed by atoms with E-state index in [0.29, 0.717) is 23.9 Å². The minimum atomic E-state index is -0.345. The average molecular weight is 457 g/mol. The van der Waals surface area contributed by atoms with Crippen molar-refractivity contribution in [1.29, 1.82) is 0 Å². The van der Waals surface area contributed by atoms with Gasteiger partial charge < -0.3 is 10.1 Å². The lowest BCUT2D eigenvalue weighted by Crippen LogP contribution is -2.15. The first-order valence-corrected chi connectivity index (χ1v) is 12.2. The largest absolute Gasteiger partial charge is 0.462 e. The number of carbonyl (C=O) groups is 2. The lowest BCUT2D eigenvalue weighted by Gasteiger charge is -2.09. The van der Waals surface area contributed by atoms with Crippen LogP contribution in [0.1, 0.15) is 49.0 Å². The van der Waals surface area contributed by atoms with E-state index < -0.39 is 0 Å². The Hall–Kier alpha value is -2.65. The van der Waals surface area contributed by atoms with Crippen LogP contribution >= 0.6 is 23.1 Å². The molecule has 31 heavy (non-hydrogen) atoms. The molecule has 1 fully saturated rings. The van der Waals surface area contributed by atoms with Crippen molar-refractivity contribution in [1.82, 2.24) is 14.8 Å². The quantitative estimate of drug-likeness (QED) is 0.262. The highest BCUT2D eigenvalue weighted by Crippen LogP contribution is 2.41. The van der Waals surface area contributed by atoms with Gasteiger partial charge in [0.15, 0.2) is 11.0 Å². The summed E-state index contributed by atoms with van der Waals surface area (Å²) in [5.74, 6) is 0.631. The lowest BCUT2D eigenvalue weighted by atomic mass is 10.2. The predicted octanol–water partition coefficient (Wildman–Crippen LogP) is 5.03. The summed E-state index contributed by atoms with van der Waals surface area (Å²) in [5, 5.41) is 14.3. The zero-order valence-electron chi connectivity index (χ0n) is 17.2. The number of hydrogen-bond acceptors (Lipinski definition) is 7. The maximum atomic E-state index is 12.4. The number of thioether (sulfide) groups is 1. The van der Waals surface area contributed by atoms with Crippen LogP contribution in [0.4, 0.5) is 5.69 Å². The number of ether oxygens (including phenoxy) is 1. The number of nitrogens with one attached hydrogen (secondary N) is 1. The Morgan fingerprint density at radius 1 is 1.23 bits per heavy atom. The van der Waals surface area contributed by atoms with Crippen LogP contribution in [0.25, 0.3) is 10.7 Å². The first-order valence-electron chi connectivity index (χ1n) is 10.3. The van der Waals surface area contributed by atoms with Gasteiger partial charge in [0.05, 0.1) is 22.8 Å². The summed E-state index contributed by atoms with van der Waals surface area (Å²) < 4.78 is 7.35. The second kappa shape index (κ2) is 10.1. The standard InChI is InChI=1S/C22H24N4O3S2/c1-2-3-12-29-21(28)15-6-8-16(9-7-15)23-19(27)14-31-22-25-24-20(18-5-4-13-30-18)26(22)17-10-11-17/h4-9,13,17H,2-3,10-12,14H2,1H3,(H,23,27). The van der Waals surface area contributed by atoms with E-state index in [0.717, 1.165) is 41.5 Å². The molecule has 1 aromatic carbocycles. The Morgan fingerprint density at radius 2 is 2.03 bits per heavy atom. The summed E-state index contributed by atoms with van der Waals surface area (Å²) in [6.45, 7) is 2.47. The zero-order chi connectivity index (χ0) is 21.6. The van der Waals surface area contributed by atoms with E-state index in [9.17, 15) is 9.59 Å². The van der Waals surface area contributed by atoms with Crippen molar-refractivity contribution in [3.8, 4) is 10.7 Å². The van der Waals surface area contributed by atoms with E-state index >= 15 is 0 Å². The molecule has 0 aliphatic heterocycles.